The maximum absolute atomic E-state index is 4.24. The summed E-state index contributed by atoms with van der Waals surface area (Å²) < 4.78 is 0. The standard InChI is InChI=1S/C10H10N2/c1-2-7-12-10(5-1)9-4-3-6-11-8-9/h1-5,7-8,11H,6H2. The van der Waals surface area contributed by atoms with Crippen molar-refractivity contribution >= 4 is 5.57 Å². The lowest BCUT2D eigenvalue weighted by Crippen LogP contribution is -2.08. The summed E-state index contributed by atoms with van der Waals surface area (Å²) in [5.74, 6) is 0. The van der Waals surface area contributed by atoms with Gasteiger partial charge in [0.2, 0.25) is 0 Å². The lowest BCUT2D eigenvalue weighted by Gasteiger charge is -2.06. The highest BCUT2D eigenvalue weighted by atomic mass is 14.8. The van der Waals surface area contributed by atoms with Crippen molar-refractivity contribution in [2.45, 2.75) is 0 Å². The molecule has 1 aliphatic rings. The molecule has 12 heavy (non-hydrogen) atoms. The Morgan fingerprint density at radius 1 is 1.33 bits per heavy atom. The molecule has 0 fully saturated rings. The Morgan fingerprint density at radius 2 is 2.33 bits per heavy atom. The van der Waals surface area contributed by atoms with Crippen LogP contribution < -0.4 is 5.32 Å². The third-order valence-electron chi connectivity index (χ3n) is 1.75. The molecule has 2 heteroatoms. The number of nitrogens with one attached hydrogen (secondary N) is 1. The number of pyridine rings is 1. The first-order valence-electron chi connectivity index (χ1n) is 3.98. The Labute approximate surface area is 71.6 Å². The predicted octanol–water partition coefficient (Wildman–Crippen LogP) is 1.58. The van der Waals surface area contributed by atoms with Crippen molar-refractivity contribution in [2.24, 2.45) is 0 Å². The van der Waals surface area contributed by atoms with E-state index in [0.717, 1.165) is 17.8 Å². The van der Waals surface area contributed by atoms with E-state index < -0.39 is 0 Å². The molecule has 0 saturated heterocycles. The Balaban J connectivity index is 2.31. The van der Waals surface area contributed by atoms with Gasteiger partial charge in [-0.2, -0.15) is 0 Å². The summed E-state index contributed by atoms with van der Waals surface area (Å²) in [6.45, 7) is 0.913. The molecule has 2 heterocycles. The van der Waals surface area contributed by atoms with Crippen LogP contribution in [0.3, 0.4) is 0 Å². The summed E-state index contributed by atoms with van der Waals surface area (Å²) >= 11 is 0. The van der Waals surface area contributed by atoms with Crippen molar-refractivity contribution in [3.05, 3.63) is 48.4 Å². The van der Waals surface area contributed by atoms with Gasteiger partial charge in [0.1, 0.15) is 0 Å². The van der Waals surface area contributed by atoms with Crippen LogP contribution in [0.4, 0.5) is 0 Å². The normalized spacial score (nSPS) is 15.2. The molecule has 0 aromatic carbocycles. The predicted molar refractivity (Wildman–Crippen MR) is 49.4 cm³/mol. The molecule has 0 aliphatic carbocycles. The van der Waals surface area contributed by atoms with E-state index in [9.17, 15) is 0 Å². The number of hydrogen-bond acceptors (Lipinski definition) is 2. The highest BCUT2D eigenvalue weighted by molar-refractivity contribution is 5.71. The molecule has 0 spiro atoms. The zero-order valence-corrected chi connectivity index (χ0v) is 6.70. The largest absolute Gasteiger partial charge is 0.387 e. The SMILES string of the molecule is C1=CC(c2ccccn2)=CNC1. The van der Waals surface area contributed by atoms with Gasteiger partial charge in [-0.15, -0.1) is 0 Å². The fourth-order valence-electron chi connectivity index (χ4n) is 1.16. The van der Waals surface area contributed by atoms with E-state index >= 15 is 0 Å². The topological polar surface area (TPSA) is 24.9 Å². The van der Waals surface area contributed by atoms with Crippen molar-refractivity contribution < 1.29 is 0 Å². The van der Waals surface area contributed by atoms with Crippen LogP contribution in [0.1, 0.15) is 5.69 Å². The van der Waals surface area contributed by atoms with Crippen LogP contribution in [0.15, 0.2) is 42.7 Å². The van der Waals surface area contributed by atoms with Gasteiger partial charge in [-0.05, 0) is 12.1 Å². The van der Waals surface area contributed by atoms with E-state index in [0.29, 0.717) is 0 Å². The second-order valence-corrected chi connectivity index (χ2v) is 2.63. The second kappa shape index (κ2) is 3.22. The van der Waals surface area contributed by atoms with Crippen LogP contribution >= 0.6 is 0 Å². The Bertz CT molecular complexity index is 312. The molecule has 1 aromatic heterocycles. The number of dihydropyridines is 1. The zero-order valence-electron chi connectivity index (χ0n) is 6.70. The summed E-state index contributed by atoms with van der Waals surface area (Å²) in [6, 6.07) is 5.92. The summed E-state index contributed by atoms with van der Waals surface area (Å²) in [5, 5.41) is 3.14. The van der Waals surface area contributed by atoms with Gasteiger partial charge in [-0.25, -0.2) is 0 Å². The molecule has 60 valence electrons. The first-order valence-corrected chi connectivity index (χ1v) is 3.98. The maximum Gasteiger partial charge on any atom is 0.0716 e. The zero-order chi connectivity index (χ0) is 8.23. The van der Waals surface area contributed by atoms with Crippen molar-refractivity contribution in [3.63, 3.8) is 0 Å². The first-order chi connectivity index (χ1) is 5.97. The number of allylic oxidation sites excluding steroid dienone is 2. The summed E-state index contributed by atoms with van der Waals surface area (Å²) in [4.78, 5) is 4.24. The molecule has 0 atom stereocenters. The lowest BCUT2D eigenvalue weighted by atomic mass is 10.1. The molecule has 1 N–H and O–H groups in total. The Morgan fingerprint density at radius 3 is 3.00 bits per heavy atom. The van der Waals surface area contributed by atoms with Gasteiger partial charge in [0.15, 0.2) is 0 Å². The molecule has 0 unspecified atom stereocenters. The van der Waals surface area contributed by atoms with Gasteiger partial charge in [0.05, 0.1) is 5.69 Å². The third-order valence-corrected chi connectivity index (χ3v) is 1.75. The summed E-state index contributed by atoms with van der Waals surface area (Å²) in [6.07, 6.45) is 7.96. The van der Waals surface area contributed by atoms with E-state index in [4.69, 9.17) is 0 Å². The molecule has 1 aliphatic heterocycles. The summed E-state index contributed by atoms with van der Waals surface area (Å²) in [5.41, 5.74) is 2.16. The van der Waals surface area contributed by atoms with Crippen LogP contribution in [0, 0.1) is 0 Å². The minimum absolute atomic E-state index is 0.913. The average Bonchev–Trinajstić information content (AvgIpc) is 2.21. The van der Waals surface area contributed by atoms with Crippen molar-refractivity contribution in [1.29, 1.82) is 0 Å². The summed E-state index contributed by atoms with van der Waals surface area (Å²) in [7, 11) is 0. The highest BCUT2D eigenvalue weighted by Gasteiger charge is 1.99. The van der Waals surface area contributed by atoms with E-state index in [1.54, 1.807) is 6.20 Å². The van der Waals surface area contributed by atoms with Crippen LogP contribution in [-0.2, 0) is 0 Å². The number of nitrogens with zero attached hydrogens (tertiary/aromatic N) is 1. The highest BCUT2D eigenvalue weighted by Crippen LogP contribution is 2.12. The molecule has 2 rings (SSSR count). The second-order valence-electron chi connectivity index (χ2n) is 2.63. The van der Waals surface area contributed by atoms with E-state index in [1.165, 1.54) is 0 Å². The maximum atomic E-state index is 4.24. The van der Waals surface area contributed by atoms with Crippen molar-refractivity contribution in [3.8, 4) is 0 Å². The van der Waals surface area contributed by atoms with Gasteiger partial charge in [-0.1, -0.05) is 18.2 Å². The minimum atomic E-state index is 0.913. The quantitative estimate of drug-likeness (QED) is 0.671. The first kappa shape index (κ1) is 7.10. The average molecular weight is 158 g/mol. The molecule has 1 aromatic rings. The van der Waals surface area contributed by atoms with Gasteiger partial charge in [0.25, 0.3) is 0 Å². The Kier molecular flexibility index (Phi) is 1.90. The van der Waals surface area contributed by atoms with Gasteiger partial charge in [-0.3, -0.25) is 4.98 Å². The fraction of sp³-hybridized carbons (Fsp3) is 0.100. The molecule has 0 saturated carbocycles. The number of hydrogen-bond donors (Lipinski definition) is 1. The van der Waals surface area contributed by atoms with Gasteiger partial charge < -0.3 is 5.32 Å². The smallest absolute Gasteiger partial charge is 0.0716 e. The number of rotatable bonds is 1. The monoisotopic (exact) mass is 158 g/mol. The molecular formula is C10H10N2. The molecule has 2 nitrogen and oxygen atoms in total. The van der Waals surface area contributed by atoms with E-state index in [1.807, 2.05) is 24.4 Å². The molecular weight excluding hydrogens is 148 g/mol. The Hall–Kier alpha value is -1.57. The van der Waals surface area contributed by atoms with Crippen molar-refractivity contribution in [2.75, 3.05) is 6.54 Å². The van der Waals surface area contributed by atoms with Gasteiger partial charge in [0, 0.05) is 24.5 Å². The third kappa shape index (κ3) is 1.37. The number of aromatic nitrogens is 1. The van der Waals surface area contributed by atoms with Crippen LogP contribution in [0.2, 0.25) is 0 Å². The minimum Gasteiger partial charge on any atom is -0.387 e. The molecule has 0 radical (unpaired) electrons. The van der Waals surface area contributed by atoms with E-state index in [-0.39, 0.29) is 0 Å². The lowest BCUT2D eigenvalue weighted by molar-refractivity contribution is 0.974. The molecule has 0 bridgehead atoms. The van der Waals surface area contributed by atoms with E-state index in [2.05, 4.69) is 22.5 Å². The van der Waals surface area contributed by atoms with Crippen LogP contribution in [-0.4, -0.2) is 11.5 Å². The van der Waals surface area contributed by atoms with Crippen LogP contribution in [0.25, 0.3) is 5.57 Å². The van der Waals surface area contributed by atoms with Crippen LogP contribution in [0.5, 0.6) is 0 Å². The molecule has 0 amide bonds. The van der Waals surface area contributed by atoms with Crippen molar-refractivity contribution in [1.82, 2.24) is 10.3 Å². The van der Waals surface area contributed by atoms with Gasteiger partial charge >= 0.3 is 0 Å². The fourth-order valence-corrected chi connectivity index (χ4v) is 1.16.